The summed E-state index contributed by atoms with van der Waals surface area (Å²) < 4.78 is 15.6. The predicted octanol–water partition coefficient (Wildman–Crippen LogP) is 3.96. The van der Waals surface area contributed by atoms with E-state index in [1.807, 2.05) is 0 Å². The van der Waals surface area contributed by atoms with Crippen LogP contribution in [0.3, 0.4) is 0 Å². The number of hydrogen-bond acceptors (Lipinski definition) is 5. The van der Waals surface area contributed by atoms with Gasteiger partial charge in [-0.2, -0.15) is 0 Å². The van der Waals surface area contributed by atoms with Crippen LogP contribution in [0.1, 0.15) is 40.5 Å². The zero-order chi connectivity index (χ0) is 18.1. The highest BCUT2D eigenvalue weighted by atomic mass is 28.4. The number of esters is 2. The molecule has 0 fully saturated rings. The number of ether oxygens (including phenoxy) is 2. The molecule has 0 saturated carbocycles. The lowest BCUT2D eigenvalue weighted by atomic mass is 10.2. The van der Waals surface area contributed by atoms with Gasteiger partial charge in [0.1, 0.15) is 0 Å². The molecule has 0 amide bonds. The molecule has 0 aromatic carbocycles. The summed E-state index contributed by atoms with van der Waals surface area (Å²) in [6.07, 6.45) is 6.02. The summed E-state index contributed by atoms with van der Waals surface area (Å²) in [7, 11) is -0.766. The molecule has 0 bridgehead atoms. The number of carbonyl (C=O) groups is 2. The van der Waals surface area contributed by atoms with E-state index in [1.165, 1.54) is 13.2 Å². The predicted molar refractivity (Wildman–Crippen MR) is 93.4 cm³/mol. The van der Waals surface area contributed by atoms with E-state index in [1.54, 1.807) is 19.1 Å². The van der Waals surface area contributed by atoms with Gasteiger partial charge < -0.3 is 13.9 Å². The van der Waals surface area contributed by atoms with Crippen molar-refractivity contribution in [1.29, 1.82) is 0 Å². The lowest BCUT2D eigenvalue weighted by Crippen LogP contribution is -2.41. The van der Waals surface area contributed by atoms with Crippen LogP contribution in [0.2, 0.25) is 18.1 Å². The van der Waals surface area contributed by atoms with E-state index < -0.39 is 14.3 Å². The van der Waals surface area contributed by atoms with Crippen LogP contribution in [0.15, 0.2) is 24.0 Å². The first-order valence-electron chi connectivity index (χ1n) is 7.86. The van der Waals surface area contributed by atoms with E-state index in [9.17, 15) is 9.59 Å². The number of methoxy groups -OCH3 is 1. The quantitative estimate of drug-likeness (QED) is 0.220. The van der Waals surface area contributed by atoms with Crippen molar-refractivity contribution in [2.75, 3.05) is 13.7 Å². The maximum atomic E-state index is 11.9. The van der Waals surface area contributed by atoms with Crippen LogP contribution in [-0.2, 0) is 23.5 Å². The number of unbranched alkanes of at least 4 members (excludes halogenated alkanes) is 1. The van der Waals surface area contributed by atoms with Crippen molar-refractivity contribution < 1.29 is 23.5 Å². The van der Waals surface area contributed by atoms with E-state index in [0.717, 1.165) is 0 Å². The van der Waals surface area contributed by atoms with Crippen LogP contribution in [-0.4, -0.2) is 34.0 Å². The smallest absolute Gasteiger partial charge is 0.371 e. The van der Waals surface area contributed by atoms with Crippen LogP contribution in [0.25, 0.3) is 0 Å². The van der Waals surface area contributed by atoms with Crippen molar-refractivity contribution in [3.05, 3.63) is 24.0 Å². The summed E-state index contributed by atoms with van der Waals surface area (Å²) in [4.78, 5) is 23.1. The van der Waals surface area contributed by atoms with Gasteiger partial charge in [-0.25, -0.2) is 9.59 Å². The highest BCUT2D eigenvalue weighted by Gasteiger charge is 2.40. The number of rotatable bonds is 8. The Balaban J connectivity index is 4.80. The second-order valence-electron chi connectivity index (χ2n) is 6.65. The fourth-order valence-corrected chi connectivity index (χ4v) is 2.40. The van der Waals surface area contributed by atoms with Crippen LogP contribution in [0, 0.1) is 0 Å². The number of carbonyl (C=O) groups excluding carboxylic acids is 2. The molecule has 6 heteroatoms. The first-order chi connectivity index (χ1) is 10.5. The van der Waals surface area contributed by atoms with E-state index in [0.29, 0.717) is 19.4 Å². The molecule has 23 heavy (non-hydrogen) atoms. The minimum atomic E-state index is -2.11. The Bertz CT molecular complexity index is 458. The van der Waals surface area contributed by atoms with Gasteiger partial charge in [-0.1, -0.05) is 26.8 Å². The van der Waals surface area contributed by atoms with Crippen molar-refractivity contribution in [3.63, 3.8) is 0 Å². The van der Waals surface area contributed by atoms with Crippen molar-refractivity contribution in [1.82, 2.24) is 0 Å². The van der Waals surface area contributed by atoms with Crippen molar-refractivity contribution in [2.45, 2.75) is 58.7 Å². The van der Waals surface area contributed by atoms with Crippen molar-refractivity contribution in [3.8, 4) is 0 Å². The second-order valence-corrected chi connectivity index (χ2v) is 11.4. The Hall–Kier alpha value is -1.56. The average Bonchev–Trinajstić information content (AvgIpc) is 2.43. The average molecular weight is 343 g/mol. The highest BCUT2D eigenvalue weighted by molar-refractivity contribution is 6.74. The van der Waals surface area contributed by atoms with Gasteiger partial charge in [0.2, 0.25) is 0 Å². The molecular weight excluding hydrogens is 312 g/mol. The molecule has 0 heterocycles. The Morgan fingerprint density at radius 1 is 1.13 bits per heavy atom. The molecule has 0 aliphatic heterocycles. The summed E-state index contributed by atoms with van der Waals surface area (Å²) in [5.74, 6) is -0.574. The molecular formula is C17H30O5Si. The fraction of sp³-hybridized carbons (Fsp3) is 0.647. The van der Waals surface area contributed by atoms with E-state index in [2.05, 4.69) is 33.9 Å². The molecule has 0 atom stereocenters. The maximum absolute atomic E-state index is 11.9. The third-order valence-electron chi connectivity index (χ3n) is 3.76. The Morgan fingerprint density at radius 3 is 2.22 bits per heavy atom. The highest BCUT2D eigenvalue weighted by Crippen LogP contribution is 2.38. The number of allylic oxidation sites excluding steroid dienone is 2. The van der Waals surface area contributed by atoms with Gasteiger partial charge in [-0.15, -0.1) is 0 Å². The maximum Gasteiger partial charge on any atom is 0.371 e. The van der Waals surface area contributed by atoms with Gasteiger partial charge in [0, 0.05) is 6.08 Å². The molecule has 0 saturated heterocycles. The lowest BCUT2D eigenvalue weighted by Gasteiger charge is -2.36. The molecule has 132 valence electrons. The molecule has 0 aliphatic rings. The van der Waals surface area contributed by atoms with Gasteiger partial charge in [0.15, 0.2) is 5.76 Å². The first kappa shape index (κ1) is 21.4. The van der Waals surface area contributed by atoms with Gasteiger partial charge >= 0.3 is 11.9 Å². The van der Waals surface area contributed by atoms with Crippen LogP contribution < -0.4 is 0 Å². The van der Waals surface area contributed by atoms with Crippen LogP contribution in [0.5, 0.6) is 0 Å². The molecule has 5 nitrogen and oxygen atoms in total. The number of hydrogen-bond donors (Lipinski definition) is 0. The Labute approximate surface area is 140 Å². The molecule has 0 rings (SSSR count). The Morgan fingerprint density at radius 2 is 1.74 bits per heavy atom. The SMILES string of the molecule is CCOC(=O)/C=C/CC/C=C(/O[Si](C)(C)C(C)(C)C)C(=O)OC. The van der Waals surface area contributed by atoms with Gasteiger partial charge in [0.05, 0.1) is 13.7 Å². The van der Waals surface area contributed by atoms with Gasteiger partial charge in [0.25, 0.3) is 8.32 Å². The minimum absolute atomic E-state index is 0.01000. The molecule has 0 aliphatic carbocycles. The molecule has 0 N–H and O–H groups in total. The van der Waals surface area contributed by atoms with Crippen molar-refractivity contribution >= 4 is 20.3 Å². The van der Waals surface area contributed by atoms with Gasteiger partial charge in [-0.05, 0) is 44.0 Å². The minimum Gasteiger partial charge on any atom is -0.539 e. The lowest BCUT2D eigenvalue weighted by molar-refractivity contribution is -0.139. The summed E-state index contributed by atoms with van der Waals surface area (Å²) in [6.45, 7) is 12.6. The Kier molecular flexibility index (Phi) is 8.90. The normalized spacial score (nSPS) is 13.1. The van der Waals surface area contributed by atoms with E-state index in [-0.39, 0.29) is 16.8 Å². The first-order valence-corrected chi connectivity index (χ1v) is 10.8. The summed E-state index contributed by atoms with van der Waals surface area (Å²) in [5.41, 5.74) is 0. The molecule has 0 aromatic heterocycles. The molecule has 0 unspecified atom stereocenters. The fourth-order valence-electron chi connectivity index (χ4n) is 1.38. The zero-order valence-electron chi connectivity index (χ0n) is 15.4. The van der Waals surface area contributed by atoms with Crippen LogP contribution in [0.4, 0.5) is 0 Å². The molecule has 0 aromatic rings. The topological polar surface area (TPSA) is 61.8 Å². The molecule has 0 spiro atoms. The monoisotopic (exact) mass is 342 g/mol. The summed E-state index contributed by atoms with van der Waals surface area (Å²) in [5, 5.41) is -0.01000. The van der Waals surface area contributed by atoms with Crippen LogP contribution >= 0.6 is 0 Å². The largest absolute Gasteiger partial charge is 0.539 e. The van der Waals surface area contributed by atoms with Gasteiger partial charge in [-0.3, -0.25) is 0 Å². The van der Waals surface area contributed by atoms with E-state index in [4.69, 9.17) is 13.9 Å². The summed E-state index contributed by atoms with van der Waals surface area (Å²) >= 11 is 0. The standard InChI is InChI=1S/C17H30O5Si/c1-8-21-15(18)13-11-9-10-12-14(16(19)20-5)22-23(6,7)17(2,3)4/h11-13H,8-10H2,1-7H3/b13-11+,14-12+. The van der Waals surface area contributed by atoms with Crippen molar-refractivity contribution in [2.24, 2.45) is 0 Å². The third kappa shape index (κ3) is 8.02. The zero-order valence-corrected chi connectivity index (χ0v) is 16.4. The molecule has 0 radical (unpaired) electrons. The second kappa shape index (κ2) is 9.55. The third-order valence-corrected chi connectivity index (χ3v) is 8.10. The van der Waals surface area contributed by atoms with E-state index >= 15 is 0 Å². The summed E-state index contributed by atoms with van der Waals surface area (Å²) in [6, 6.07) is 0.